The minimum Gasteiger partial charge on any atom is -0.493 e. The molecular weight excluding hydrogens is 506 g/mol. The number of ether oxygens (including phenoxy) is 2. The summed E-state index contributed by atoms with van der Waals surface area (Å²) in [6, 6.07) is 17.7. The molecule has 9 nitrogen and oxygen atoms in total. The largest absolute Gasteiger partial charge is 0.493 e. The molecule has 0 saturated carbocycles. The fourth-order valence-electron chi connectivity index (χ4n) is 3.02. The van der Waals surface area contributed by atoms with Crippen molar-refractivity contribution in [2.45, 2.75) is 0 Å². The highest BCUT2D eigenvalue weighted by Crippen LogP contribution is 2.35. The summed E-state index contributed by atoms with van der Waals surface area (Å²) in [5.41, 5.74) is 0.269. The van der Waals surface area contributed by atoms with Crippen LogP contribution in [0.2, 0.25) is 0 Å². The summed E-state index contributed by atoms with van der Waals surface area (Å²) in [6.07, 6.45) is 1.22. The number of anilines is 1. The smallest absolute Gasteiger partial charge is 0.280 e. The van der Waals surface area contributed by atoms with Crippen LogP contribution >= 0.6 is 15.9 Å². The van der Waals surface area contributed by atoms with E-state index < -0.39 is 16.7 Å². The Morgan fingerprint density at radius 1 is 0.971 bits per heavy atom. The van der Waals surface area contributed by atoms with Gasteiger partial charge in [-0.05, 0) is 42.5 Å². The van der Waals surface area contributed by atoms with Crippen molar-refractivity contribution < 1.29 is 24.0 Å². The lowest BCUT2D eigenvalue weighted by molar-refractivity contribution is -0.385. The number of nitrogens with zero attached hydrogens (tertiary/aromatic N) is 1. The molecule has 0 heterocycles. The fraction of sp³-hybridized carbons (Fsp3) is 0.0833. The number of benzene rings is 3. The van der Waals surface area contributed by atoms with E-state index in [1.165, 1.54) is 32.4 Å². The van der Waals surface area contributed by atoms with Crippen LogP contribution in [0.15, 0.2) is 76.9 Å². The summed E-state index contributed by atoms with van der Waals surface area (Å²) < 4.78 is 11.1. The van der Waals surface area contributed by atoms with E-state index in [1.54, 1.807) is 54.6 Å². The van der Waals surface area contributed by atoms with Crippen molar-refractivity contribution >= 4 is 45.2 Å². The third kappa shape index (κ3) is 5.99. The molecule has 3 aromatic rings. The van der Waals surface area contributed by atoms with Gasteiger partial charge in [0.1, 0.15) is 5.70 Å². The SMILES string of the molecule is COc1cc(/C=C(\NC(=O)c2ccccc2)C(=O)Nc2cccc(Br)c2)c([N+](=O)[O-])cc1OC. The van der Waals surface area contributed by atoms with Crippen LogP contribution < -0.4 is 20.1 Å². The lowest BCUT2D eigenvalue weighted by atomic mass is 10.1. The number of carbonyl (C=O) groups excluding carboxylic acids is 2. The molecular formula is C24H20BrN3O6. The monoisotopic (exact) mass is 525 g/mol. The molecule has 3 rings (SSSR count). The van der Waals surface area contributed by atoms with Crippen LogP contribution in [0.1, 0.15) is 15.9 Å². The van der Waals surface area contributed by atoms with E-state index in [2.05, 4.69) is 26.6 Å². The molecule has 10 heteroatoms. The van der Waals surface area contributed by atoms with Gasteiger partial charge in [-0.25, -0.2) is 0 Å². The van der Waals surface area contributed by atoms with Gasteiger partial charge in [0.05, 0.1) is 30.8 Å². The molecule has 0 bridgehead atoms. The standard InChI is InChI=1S/C24H20BrN3O6/c1-33-21-12-16(20(28(31)32)14-22(21)34-2)11-19(27-23(29)15-7-4-3-5-8-15)24(30)26-18-10-6-9-17(25)13-18/h3-14H,1-2H3,(H,26,30)(H,27,29)/b19-11-. The van der Waals surface area contributed by atoms with E-state index in [4.69, 9.17) is 9.47 Å². The van der Waals surface area contributed by atoms with Crippen molar-refractivity contribution in [1.29, 1.82) is 0 Å². The summed E-state index contributed by atoms with van der Waals surface area (Å²) >= 11 is 3.33. The molecule has 3 aromatic carbocycles. The first-order valence-electron chi connectivity index (χ1n) is 9.87. The van der Waals surface area contributed by atoms with Gasteiger partial charge in [0.15, 0.2) is 11.5 Å². The number of amides is 2. The van der Waals surface area contributed by atoms with Crippen molar-refractivity contribution in [3.63, 3.8) is 0 Å². The van der Waals surface area contributed by atoms with E-state index in [1.807, 2.05) is 0 Å². The third-order valence-corrected chi connectivity index (χ3v) is 5.13. The Hall–Kier alpha value is -4.18. The predicted molar refractivity (Wildman–Crippen MR) is 131 cm³/mol. The number of rotatable bonds is 8. The minimum atomic E-state index is -0.675. The first kappa shape index (κ1) is 24.5. The molecule has 0 aliphatic carbocycles. The first-order valence-corrected chi connectivity index (χ1v) is 10.7. The highest BCUT2D eigenvalue weighted by atomic mass is 79.9. The lowest BCUT2D eigenvalue weighted by Gasteiger charge is -2.13. The van der Waals surface area contributed by atoms with E-state index >= 15 is 0 Å². The van der Waals surface area contributed by atoms with Gasteiger partial charge in [-0.1, -0.05) is 40.2 Å². The molecule has 0 aromatic heterocycles. The zero-order chi connectivity index (χ0) is 24.7. The second kappa shape index (κ2) is 11.1. The summed E-state index contributed by atoms with van der Waals surface area (Å²) in [7, 11) is 2.74. The molecule has 174 valence electrons. The molecule has 2 N–H and O–H groups in total. The minimum absolute atomic E-state index is 0.0374. The van der Waals surface area contributed by atoms with E-state index in [0.29, 0.717) is 11.3 Å². The van der Waals surface area contributed by atoms with Crippen molar-refractivity contribution in [2.24, 2.45) is 0 Å². The molecule has 0 aliphatic heterocycles. The quantitative estimate of drug-likeness (QED) is 0.248. The van der Waals surface area contributed by atoms with Gasteiger partial charge in [0, 0.05) is 15.7 Å². The lowest BCUT2D eigenvalue weighted by Crippen LogP contribution is -2.30. The number of halogens is 1. The Balaban J connectivity index is 2.07. The Bertz CT molecular complexity index is 1260. The fourth-order valence-corrected chi connectivity index (χ4v) is 3.42. The predicted octanol–water partition coefficient (Wildman–Crippen LogP) is 4.78. The average molecular weight is 526 g/mol. The Morgan fingerprint density at radius 3 is 2.26 bits per heavy atom. The third-order valence-electron chi connectivity index (χ3n) is 4.64. The highest BCUT2D eigenvalue weighted by Gasteiger charge is 2.22. The van der Waals surface area contributed by atoms with E-state index in [-0.39, 0.29) is 28.4 Å². The second-order valence-corrected chi connectivity index (χ2v) is 7.78. The van der Waals surface area contributed by atoms with Crippen LogP contribution in [-0.4, -0.2) is 31.0 Å². The Labute approximate surface area is 203 Å². The summed E-state index contributed by atoms with van der Waals surface area (Å²) in [6.45, 7) is 0. The number of nitro groups is 1. The first-order chi connectivity index (χ1) is 16.3. The van der Waals surface area contributed by atoms with Gasteiger partial charge in [-0.2, -0.15) is 0 Å². The van der Waals surface area contributed by atoms with Crippen LogP contribution in [-0.2, 0) is 4.79 Å². The molecule has 0 fully saturated rings. The van der Waals surface area contributed by atoms with Crippen molar-refractivity contribution in [3.8, 4) is 11.5 Å². The van der Waals surface area contributed by atoms with Gasteiger partial charge >= 0.3 is 0 Å². The number of methoxy groups -OCH3 is 2. The number of hydrogen-bond donors (Lipinski definition) is 2. The molecule has 0 spiro atoms. The van der Waals surface area contributed by atoms with Gasteiger partial charge in [-0.15, -0.1) is 0 Å². The van der Waals surface area contributed by atoms with Crippen LogP contribution in [0.3, 0.4) is 0 Å². The maximum Gasteiger partial charge on any atom is 0.280 e. The average Bonchev–Trinajstić information content (AvgIpc) is 2.83. The number of nitro benzene ring substituents is 1. The van der Waals surface area contributed by atoms with Crippen molar-refractivity contribution in [3.05, 3.63) is 98.1 Å². The Kier molecular flexibility index (Phi) is 7.99. The summed E-state index contributed by atoms with van der Waals surface area (Å²) in [5, 5.41) is 16.9. The summed E-state index contributed by atoms with van der Waals surface area (Å²) in [5.74, 6) is -0.855. The topological polar surface area (TPSA) is 120 Å². The van der Waals surface area contributed by atoms with Crippen LogP contribution in [0.5, 0.6) is 11.5 Å². The van der Waals surface area contributed by atoms with Crippen LogP contribution in [0.25, 0.3) is 6.08 Å². The van der Waals surface area contributed by atoms with Crippen LogP contribution in [0.4, 0.5) is 11.4 Å². The maximum atomic E-state index is 13.1. The number of hydrogen-bond acceptors (Lipinski definition) is 6. The molecule has 0 saturated heterocycles. The van der Waals surface area contributed by atoms with Gasteiger partial charge in [0.2, 0.25) is 0 Å². The summed E-state index contributed by atoms with van der Waals surface area (Å²) in [4.78, 5) is 37.0. The molecule has 0 aliphatic rings. The molecule has 0 radical (unpaired) electrons. The maximum absolute atomic E-state index is 13.1. The van der Waals surface area contributed by atoms with Gasteiger partial charge in [0.25, 0.3) is 17.5 Å². The molecule has 2 amide bonds. The number of carbonyl (C=O) groups is 2. The highest BCUT2D eigenvalue weighted by molar-refractivity contribution is 9.10. The van der Waals surface area contributed by atoms with E-state index in [9.17, 15) is 19.7 Å². The van der Waals surface area contributed by atoms with Gasteiger partial charge < -0.3 is 20.1 Å². The molecule has 0 unspecified atom stereocenters. The van der Waals surface area contributed by atoms with Crippen molar-refractivity contribution in [2.75, 3.05) is 19.5 Å². The van der Waals surface area contributed by atoms with E-state index in [0.717, 1.165) is 4.47 Å². The zero-order valence-corrected chi connectivity index (χ0v) is 19.8. The number of nitrogens with one attached hydrogen (secondary N) is 2. The van der Waals surface area contributed by atoms with Crippen LogP contribution in [0, 0.1) is 10.1 Å². The second-order valence-electron chi connectivity index (χ2n) is 6.87. The van der Waals surface area contributed by atoms with Gasteiger partial charge in [-0.3, -0.25) is 19.7 Å². The normalized spacial score (nSPS) is 10.9. The molecule has 0 atom stereocenters. The molecule has 34 heavy (non-hydrogen) atoms. The Morgan fingerprint density at radius 2 is 1.65 bits per heavy atom. The van der Waals surface area contributed by atoms with Crippen molar-refractivity contribution in [1.82, 2.24) is 5.32 Å². The zero-order valence-electron chi connectivity index (χ0n) is 18.2.